The van der Waals surface area contributed by atoms with Crippen molar-refractivity contribution < 1.29 is 5.11 Å². The van der Waals surface area contributed by atoms with Crippen LogP contribution < -0.4 is 0 Å². The summed E-state index contributed by atoms with van der Waals surface area (Å²) in [5.74, 6) is 0.347. The molecule has 0 unspecified atom stereocenters. The molecular formula is C17H18O. The van der Waals surface area contributed by atoms with Crippen LogP contribution in [0.25, 0.3) is 0 Å². The van der Waals surface area contributed by atoms with Crippen LogP contribution in [0.3, 0.4) is 0 Å². The Bertz CT molecular complexity index is 507. The van der Waals surface area contributed by atoms with Gasteiger partial charge < -0.3 is 5.11 Å². The van der Waals surface area contributed by atoms with Gasteiger partial charge in [-0.25, -0.2) is 0 Å². The Balaban J connectivity index is 2.10. The van der Waals surface area contributed by atoms with E-state index in [0.717, 1.165) is 0 Å². The number of hydrogen-bond donors (Lipinski definition) is 1. The summed E-state index contributed by atoms with van der Waals surface area (Å²) in [6.45, 7) is 0. The lowest BCUT2D eigenvalue weighted by molar-refractivity contribution is 0.473. The summed E-state index contributed by atoms with van der Waals surface area (Å²) in [6.07, 6.45) is 5.00. The molecule has 0 spiro atoms. The van der Waals surface area contributed by atoms with Gasteiger partial charge in [-0.2, -0.15) is 0 Å². The van der Waals surface area contributed by atoms with E-state index in [-0.39, 0.29) is 5.41 Å². The van der Waals surface area contributed by atoms with Crippen molar-refractivity contribution in [2.24, 2.45) is 0 Å². The van der Waals surface area contributed by atoms with Crippen molar-refractivity contribution in [3.05, 3.63) is 65.7 Å². The molecule has 18 heavy (non-hydrogen) atoms. The normalized spacial score (nSPS) is 17.8. The fraction of sp³-hybridized carbons (Fsp3) is 0.294. The van der Waals surface area contributed by atoms with E-state index in [1.54, 1.807) is 12.1 Å². The lowest BCUT2D eigenvalue weighted by atomic mass is 9.73. The molecule has 0 heterocycles. The summed E-state index contributed by atoms with van der Waals surface area (Å²) >= 11 is 0. The molecule has 0 aliphatic heterocycles. The molecule has 1 heteroatoms. The van der Waals surface area contributed by atoms with Crippen LogP contribution in [0.15, 0.2) is 54.6 Å². The maximum absolute atomic E-state index is 9.45. The molecule has 3 rings (SSSR count). The molecule has 0 aromatic heterocycles. The molecule has 2 aromatic rings. The molecule has 92 valence electrons. The van der Waals surface area contributed by atoms with Gasteiger partial charge in [0.25, 0.3) is 0 Å². The van der Waals surface area contributed by atoms with Crippen molar-refractivity contribution in [1.82, 2.24) is 0 Å². The molecule has 0 amide bonds. The summed E-state index contributed by atoms with van der Waals surface area (Å²) in [5, 5.41) is 9.45. The second-order valence-corrected chi connectivity index (χ2v) is 5.20. The lowest BCUT2D eigenvalue weighted by Gasteiger charge is -2.30. The van der Waals surface area contributed by atoms with Gasteiger partial charge in [-0.1, -0.05) is 55.3 Å². The Morgan fingerprint density at radius 2 is 1.28 bits per heavy atom. The number of rotatable bonds is 2. The average molecular weight is 238 g/mol. The van der Waals surface area contributed by atoms with E-state index in [9.17, 15) is 5.11 Å². The van der Waals surface area contributed by atoms with Crippen molar-refractivity contribution in [3.63, 3.8) is 0 Å². The molecule has 0 saturated heterocycles. The summed E-state index contributed by atoms with van der Waals surface area (Å²) in [4.78, 5) is 0. The minimum atomic E-state index is 0.162. The van der Waals surface area contributed by atoms with E-state index >= 15 is 0 Å². The van der Waals surface area contributed by atoms with Crippen LogP contribution in [-0.2, 0) is 5.41 Å². The first-order valence-corrected chi connectivity index (χ1v) is 6.66. The zero-order valence-corrected chi connectivity index (χ0v) is 10.5. The highest BCUT2D eigenvalue weighted by Crippen LogP contribution is 2.46. The second kappa shape index (κ2) is 4.49. The second-order valence-electron chi connectivity index (χ2n) is 5.20. The molecule has 1 nitrogen and oxygen atoms in total. The predicted octanol–water partition coefficient (Wildman–Crippen LogP) is 4.25. The molecule has 1 aliphatic rings. The van der Waals surface area contributed by atoms with E-state index in [0.29, 0.717) is 5.75 Å². The number of hydrogen-bond acceptors (Lipinski definition) is 1. The van der Waals surface area contributed by atoms with Crippen molar-refractivity contribution >= 4 is 0 Å². The maximum Gasteiger partial charge on any atom is 0.115 e. The zero-order chi connectivity index (χ0) is 12.4. The Morgan fingerprint density at radius 3 is 1.89 bits per heavy atom. The predicted molar refractivity (Wildman–Crippen MR) is 73.8 cm³/mol. The molecule has 1 N–H and O–H groups in total. The van der Waals surface area contributed by atoms with Gasteiger partial charge in [0.1, 0.15) is 5.75 Å². The van der Waals surface area contributed by atoms with Gasteiger partial charge in [0.05, 0.1) is 0 Å². The van der Waals surface area contributed by atoms with E-state index in [4.69, 9.17) is 0 Å². The van der Waals surface area contributed by atoms with E-state index in [1.807, 2.05) is 0 Å². The molecule has 1 aliphatic carbocycles. The highest BCUT2D eigenvalue weighted by molar-refractivity contribution is 5.42. The minimum absolute atomic E-state index is 0.162. The van der Waals surface area contributed by atoms with Crippen molar-refractivity contribution in [1.29, 1.82) is 0 Å². The quantitative estimate of drug-likeness (QED) is 0.829. The van der Waals surface area contributed by atoms with Crippen LogP contribution >= 0.6 is 0 Å². The molecular weight excluding hydrogens is 220 g/mol. The smallest absolute Gasteiger partial charge is 0.115 e. The van der Waals surface area contributed by atoms with Crippen LogP contribution in [0.2, 0.25) is 0 Å². The minimum Gasteiger partial charge on any atom is -0.508 e. The molecule has 0 atom stereocenters. The first-order valence-electron chi connectivity index (χ1n) is 6.66. The highest BCUT2D eigenvalue weighted by Gasteiger charge is 2.36. The SMILES string of the molecule is Oc1ccc(C2(c3ccccc3)CCCC2)cc1. The Kier molecular flexibility index (Phi) is 2.83. The summed E-state index contributed by atoms with van der Waals surface area (Å²) < 4.78 is 0. The number of phenols is 1. The number of benzene rings is 2. The van der Waals surface area contributed by atoms with Crippen LogP contribution in [-0.4, -0.2) is 5.11 Å². The number of phenolic OH excluding ortho intramolecular Hbond substituents is 1. The van der Waals surface area contributed by atoms with Gasteiger partial charge in [-0.05, 0) is 36.1 Å². The topological polar surface area (TPSA) is 20.2 Å². The van der Waals surface area contributed by atoms with E-state index in [2.05, 4.69) is 42.5 Å². The zero-order valence-electron chi connectivity index (χ0n) is 10.5. The van der Waals surface area contributed by atoms with E-state index in [1.165, 1.54) is 36.8 Å². The van der Waals surface area contributed by atoms with Gasteiger partial charge in [-0.15, -0.1) is 0 Å². The molecule has 1 saturated carbocycles. The third kappa shape index (κ3) is 1.80. The highest BCUT2D eigenvalue weighted by atomic mass is 16.3. The largest absolute Gasteiger partial charge is 0.508 e. The fourth-order valence-electron chi connectivity index (χ4n) is 3.26. The van der Waals surface area contributed by atoms with Crippen LogP contribution in [0, 0.1) is 0 Å². The van der Waals surface area contributed by atoms with E-state index < -0.39 is 0 Å². The van der Waals surface area contributed by atoms with Crippen molar-refractivity contribution in [3.8, 4) is 5.75 Å². The monoisotopic (exact) mass is 238 g/mol. The first kappa shape index (κ1) is 11.3. The molecule has 0 radical (unpaired) electrons. The van der Waals surface area contributed by atoms with Crippen LogP contribution in [0.5, 0.6) is 5.75 Å². The summed E-state index contributed by atoms with van der Waals surface area (Å²) in [5.41, 5.74) is 2.91. The van der Waals surface area contributed by atoms with Crippen molar-refractivity contribution in [2.45, 2.75) is 31.1 Å². The molecule has 0 bridgehead atoms. The van der Waals surface area contributed by atoms with Crippen molar-refractivity contribution in [2.75, 3.05) is 0 Å². The van der Waals surface area contributed by atoms with Gasteiger partial charge in [0, 0.05) is 5.41 Å². The lowest BCUT2D eigenvalue weighted by Crippen LogP contribution is -2.23. The Labute approximate surface area is 108 Å². The summed E-state index contributed by atoms with van der Waals surface area (Å²) in [7, 11) is 0. The van der Waals surface area contributed by atoms with Crippen LogP contribution in [0.1, 0.15) is 36.8 Å². The average Bonchev–Trinajstić information content (AvgIpc) is 2.91. The summed E-state index contributed by atoms with van der Waals surface area (Å²) in [6, 6.07) is 18.5. The van der Waals surface area contributed by atoms with Gasteiger partial charge in [0.2, 0.25) is 0 Å². The van der Waals surface area contributed by atoms with Crippen LogP contribution in [0.4, 0.5) is 0 Å². The standard InChI is InChI=1S/C17H18O/c18-16-10-8-15(9-11-16)17(12-4-5-13-17)14-6-2-1-3-7-14/h1-3,6-11,18H,4-5,12-13H2. The molecule has 2 aromatic carbocycles. The van der Waals surface area contributed by atoms with Gasteiger partial charge in [0.15, 0.2) is 0 Å². The number of aromatic hydroxyl groups is 1. The first-order chi connectivity index (χ1) is 8.81. The molecule has 1 fully saturated rings. The van der Waals surface area contributed by atoms with Gasteiger partial charge >= 0.3 is 0 Å². The Hall–Kier alpha value is -1.76. The fourth-order valence-corrected chi connectivity index (χ4v) is 3.26. The Morgan fingerprint density at radius 1 is 0.722 bits per heavy atom. The third-order valence-electron chi connectivity index (χ3n) is 4.20. The van der Waals surface area contributed by atoms with Gasteiger partial charge in [-0.3, -0.25) is 0 Å². The maximum atomic E-state index is 9.45. The third-order valence-corrected chi connectivity index (χ3v) is 4.20.